The van der Waals surface area contributed by atoms with Crippen molar-refractivity contribution >= 4 is 11.7 Å². The molecule has 1 N–H and O–H groups in total. The molecule has 0 saturated heterocycles. The number of carbonyl (C=O) groups excluding carboxylic acids is 2. The summed E-state index contributed by atoms with van der Waals surface area (Å²) in [6.07, 6.45) is 0.974. The summed E-state index contributed by atoms with van der Waals surface area (Å²) < 4.78 is 0. The lowest BCUT2D eigenvalue weighted by Crippen LogP contribution is -2.32. The van der Waals surface area contributed by atoms with Gasteiger partial charge in [-0.2, -0.15) is 0 Å². The van der Waals surface area contributed by atoms with Crippen LogP contribution in [0.25, 0.3) is 0 Å². The minimum absolute atomic E-state index is 0.0110. The zero-order chi connectivity index (χ0) is 10.0. The van der Waals surface area contributed by atoms with Crippen LogP contribution < -0.4 is 5.32 Å². The molecule has 0 bridgehead atoms. The monoisotopic (exact) mass is 183 g/mol. The smallest absolute Gasteiger partial charge is 0.223 e. The van der Waals surface area contributed by atoms with E-state index in [9.17, 15) is 9.59 Å². The molecule has 0 aromatic carbocycles. The van der Waals surface area contributed by atoms with E-state index < -0.39 is 0 Å². The van der Waals surface area contributed by atoms with Gasteiger partial charge in [0, 0.05) is 11.8 Å². The average Bonchev–Trinajstić information content (AvgIpc) is 2.77. The van der Waals surface area contributed by atoms with E-state index in [-0.39, 0.29) is 30.1 Å². The van der Waals surface area contributed by atoms with Crippen LogP contribution in [-0.2, 0) is 9.59 Å². The molecule has 1 saturated carbocycles. The summed E-state index contributed by atoms with van der Waals surface area (Å²) in [7, 11) is 0. The van der Waals surface area contributed by atoms with Crippen molar-refractivity contribution in [2.45, 2.75) is 27.2 Å². The molecule has 3 heteroatoms. The van der Waals surface area contributed by atoms with Crippen LogP contribution in [0.2, 0.25) is 0 Å². The van der Waals surface area contributed by atoms with E-state index in [0.717, 1.165) is 6.42 Å². The van der Waals surface area contributed by atoms with Crippen LogP contribution in [0.5, 0.6) is 0 Å². The Balaban J connectivity index is 2.19. The Morgan fingerprint density at radius 3 is 2.38 bits per heavy atom. The summed E-state index contributed by atoms with van der Waals surface area (Å²) in [5, 5.41) is 2.67. The molecule has 0 aromatic heterocycles. The highest BCUT2D eigenvalue weighted by molar-refractivity contribution is 5.88. The van der Waals surface area contributed by atoms with Gasteiger partial charge in [-0.1, -0.05) is 20.8 Å². The van der Waals surface area contributed by atoms with Crippen molar-refractivity contribution in [2.75, 3.05) is 6.54 Å². The molecule has 3 nitrogen and oxygen atoms in total. The van der Waals surface area contributed by atoms with Gasteiger partial charge in [0.2, 0.25) is 5.91 Å². The number of amides is 1. The standard InChI is InChI=1S/C10H17NO2/c1-6(2)9(12)5-11-10(13)8-4-7(8)3/h6-8H,4-5H2,1-3H3,(H,11,13). The molecule has 2 unspecified atom stereocenters. The Morgan fingerprint density at radius 2 is 2.00 bits per heavy atom. The topological polar surface area (TPSA) is 46.2 Å². The zero-order valence-electron chi connectivity index (χ0n) is 8.46. The van der Waals surface area contributed by atoms with Gasteiger partial charge in [0.1, 0.15) is 0 Å². The molecule has 1 rings (SSSR count). The Hall–Kier alpha value is -0.860. The second-order valence-corrected chi connectivity index (χ2v) is 4.16. The van der Waals surface area contributed by atoms with Gasteiger partial charge in [-0.3, -0.25) is 9.59 Å². The zero-order valence-corrected chi connectivity index (χ0v) is 8.46. The third-order valence-electron chi connectivity index (χ3n) is 2.53. The third kappa shape index (κ3) is 2.83. The summed E-state index contributed by atoms with van der Waals surface area (Å²) in [5.41, 5.74) is 0. The normalized spacial score (nSPS) is 25.8. The van der Waals surface area contributed by atoms with E-state index in [1.54, 1.807) is 0 Å². The van der Waals surface area contributed by atoms with Gasteiger partial charge < -0.3 is 5.32 Å². The first kappa shape index (κ1) is 10.2. The van der Waals surface area contributed by atoms with Gasteiger partial charge in [0.25, 0.3) is 0 Å². The van der Waals surface area contributed by atoms with E-state index >= 15 is 0 Å². The fourth-order valence-electron chi connectivity index (χ4n) is 1.20. The number of nitrogens with one attached hydrogen (secondary N) is 1. The molecular weight excluding hydrogens is 166 g/mol. The van der Waals surface area contributed by atoms with E-state index in [1.807, 2.05) is 13.8 Å². The second kappa shape index (κ2) is 3.90. The largest absolute Gasteiger partial charge is 0.349 e. The lowest BCUT2D eigenvalue weighted by atomic mass is 10.1. The lowest BCUT2D eigenvalue weighted by molar-refractivity contribution is -0.127. The molecule has 0 heterocycles. The number of carbonyl (C=O) groups is 2. The van der Waals surface area contributed by atoms with Crippen LogP contribution in [-0.4, -0.2) is 18.2 Å². The number of ketones is 1. The average molecular weight is 183 g/mol. The predicted molar refractivity (Wildman–Crippen MR) is 50.1 cm³/mol. The van der Waals surface area contributed by atoms with Gasteiger partial charge in [-0.25, -0.2) is 0 Å². The molecule has 0 spiro atoms. The minimum atomic E-state index is 0.0110. The fraction of sp³-hybridized carbons (Fsp3) is 0.800. The molecule has 0 aliphatic heterocycles. The van der Waals surface area contributed by atoms with Crippen molar-refractivity contribution < 1.29 is 9.59 Å². The summed E-state index contributed by atoms with van der Waals surface area (Å²) >= 11 is 0. The Morgan fingerprint density at radius 1 is 1.46 bits per heavy atom. The van der Waals surface area contributed by atoms with Crippen LogP contribution in [0.3, 0.4) is 0 Å². The Labute approximate surface area is 78.9 Å². The Kier molecular flexibility index (Phi) is 3.07. The molecule has 0 aromatic rings. The van der Waals surface area contributed by atoms with E-state index in [1.165, 1.54) is 0 Å². The molecule has 1 fully saturated rings. The van der Waals surface area contributed by atoms with E-state index in [0.29, 0.717) is 5.92 Å². The number of hydrogen-bond acceptors (Lipinski definition) is 2. The third-order valence-corrected chi connectivity index (χ3v) is 2.53. The van der Waals surface area contributed by atoms with Crippen LogP contribution in [0.1, 0.15) is 27.2 Å². The molecule has 1 aliphatic carbocycles. The van der Waals surface area contributed by atoms with Crippen molar-refractivity contribution in [3.63, 3.8) is 0 Å². The highest BCUT2D eigenvalue weighted by Gasteiger charge is 2.38. The van der Waals surface area contributed by atoms with Gasteiger partial charge in [0.05, 0.1) is 6.54 Å². The van der Waals surface area contributed by atoms with E-state index in [2.05, 4.69) is 12.2 Å². The number of hydrogen-bond donors (Lipinski definition) is 1. The lowest BCUT2D eigenvalue weighted by Gasteiger charge is -2.05. The van der Waals surface area contributed by atoms with Crippen molar-refractivity contribution in [2.24, 2.45) is 17.8 Å². The van der Waals surface area contributed by atoms with Crippen molar-refractivity contribution in [3.05, 3.63) is 0 Å². The van der Waals surface area contributed by atoms with E-state index in [4.69, 9.17) is 0 Å². The van der Waals surface area contributed by atoms with Crippen molar-refractivity contribution in [3.8, 4) is 0 Å². The van der Waals surface area contributed by atoms with Crippen LogP contribution in [0, 0.1) is 17.8 Å². The van der Waals surface area contributed by atoms with Crippen LogP contribution >= 0.6 is 0 Å². The maximum atomic E-state index is 11.3. The maximum Gasteiger partial charge on any atom is 0.223 e. The number of rotatable bonds is 4. The fourth-order valence-corrected chi connectivity index (χ4v) is 1.20. The van der Waals surface area contributed by atoms with Crippen molar-refractivity contribution in [1.29, 1.82) is 0 Å². The summed E-state index contributed by atoms with van der Waals surface area (Å²) in [6, 6.07) is 0. The van der Waals surface area contributed by atoms with Crippen molar-refractivity contribution in [1.82, 2.24) is 5.32 Å². The molecular formula is C10H17NO2. The maximum absolute atomic E-state index is 11.3. The highest BCUT2D eigenvalue weighted by Crippen LogP contribution is 2.37. The predicted octanol–water partition coefficient (Wildman–Crippen LogP) is 0.984. The summed E-state index contributed by atoms with van der Waals surface area (Å²) in [6.45, 7) is 5.93. The first-order chi connectivity index (χ1) is 6.02. The molecule has 13 heavy (non-hydrogen) atoms. The Bertz CT molecular complexity index is 223. The van der Waals surface area contributed by atoms with Gasteiger partial charge in [0.15, 0.2) is 5.78 Å². The minimum Gasteiger partial charge on any atom is -0.349 e. The van der Waals surface area contributed by atoms with Crippen LogP contribution in [0.15, 0.2) is 0 Å². The van der Waals surface area contributed by atoms with Crippen LogP contribution in [0.4, 0.5) is 0 Å². The summed E-state index contributed by atoms with van der Waals surface area (Å²) in [5.74, 6) is 0.828. The summed E-state index contributed by atoms with van der Waals surface area (Å²) in [4.78, 5) is 22.4. The molecule has 2 atom stereocenters. The first-order valence-corrected chi connectivity index (χ1v) is 4.82. The number of Topliss-reactive ketones (excluding diaryl/α,β-unsaturated/α-hetero) is 1. The second-order valence-electron chi connectivity index (χ2n) is 4.16. The molecule has 74 valence electrons. The first-order valence-electron chi connectivity index (χ1n) is 4.82. The molecule has 1 aliphatic rings. The van der Waals surface area contributed by atoms with Gasteiger partial charge in [-0.05, 0) is 12.3 Å². The molecule has 1 amide bonds. The highest BCUT2D eigenvalue weighted by atomic mass is 16.2. The molecule has 0 radical (unpaired) electrons. The van der Waals surface area contributed by atoms with Gasteiger partial charge in [-0.15, -0.1) is 0 Å². The quantitative estimate of drug-likeness (QED) is 0.706. The SMILES string of the molecule is CC(C)C(=O)CNC(=O)C1CC1C. The van der Waals surface area contributed by atoms with Gasteiger partial charge >= 0.3 is 0 Å².